The number of hydrogen-bond acceptors (Lipinski definition) is 2. The Hall–Kier alpha value is -2.48. The number of hydrogen-bond donors (Lipinski definition) is 2. The molecular formula is C17H16O2. The van der Waals surface area contributed by atoms with Crippen molar-refractivity contribution in [3.63, 3.8) is 0 Å². The largest absolute Gasteiger partial charge is 0.508 e. The van der Waals surface area contributed by atoms with Crippen molar-refractivity contribution in [2.45, 2.75) is 5.92 Å². The van der Waals surface area contributed by atoms with Crippen molar-refractivity contribution in [3.05, 3.63) is 78.4 Å². The molecule has 0 aliphatic rings. The van der Waals surface area contributed by atoms with Crippen LogP contribution >= 0.6 is 0 Å². The Morgan fingerprint density at radius 3 is 2.32 bits per heavy atom. The van der Waals surface area contributed by atoms with Gasteiger partial charge in [-0.05, 0) is 35.4 Å². The van der Waals surface area contributed by atoms with Gasteiger partial charge in [0.25, 0.3) is 0 Å². The average Bonchev–Trinajstić information content (AvgIpc) is 2.41. The van der Waals surface area contributed by atoms with E-state index >= 15 is 0 Å². The summed E-state index contributed by atoms with van der Waals surface area (Å²) in [5.41, 5.74) is 2.00. The van der Waals surface area contributed by atoms with E-state index in [9.17, 15) is 10.2 Å². The zero-order valence-corrected chi connectivity index (χ0v) is 10.5. The van der Waals surface area contributed by atoms with Crippen molar-refractivity contribution in [2.24, 2.45) is 0 Å². The molecular weight excluding hydrogens is 236 g/mol. The van der Waals surface area contributed by atoms with Crippen molar-refractivity contribution in [1.29, 1.82) is 0 Å². The minimum absolute atomic E-state index is 0.0722. The molecule has 0 saturated heterocycles. The van der Waals surface area contributed by atoms with Crippen LogP contribution in [0.25, 0.3) is 6.08 Å². The van der Waals surface area contributed by atoms with Crippen LogP contribution in [-0.4, -0.2) is 10.2 Å². The van der Waals surface area contributed by atoms with E-state index in [1.165, 1.54) is 0 Å². The Kier molecular flexibility index (Phi) is 4.04. The van der Waals surface area contributed by atoms with Gasteiger partial charge < -0.3 is 10.2 Å². The molecule has 19 heavy (non-hydrogen) atoms. The summed E-state index contributed by atoms with van der Waals surface area (Å²) in [7, 11) is 0. The maximum absolute atomic E-state index is 9.40. The summed E-state index contributed by atoms with van der Waals surface area (Å²) in [5.74, 6) is 0.577. The third kappa shape index (κ3) is 3.49. The summed E-state index contributed by atoms with van der Waals surface area (Å²) in [6.07, 6.45) is 5.79. The van der Waals surface area contributed by atoms with Crippen LogP contribution in [0.3, 0.4) is 0 Å². The van der Waals surface area contributed by atoms with Crippen LogP contribution in [0.2, 0.25) is 0 Å². The molecule has 1 atom stereocenters. The van der Waals surface area contributed by atoms with E-state index in [-0.39, 0.29) is 17.4 Å². The van der Waals surface area contributed by atoms with E-state index in [1.807, 2.05) is 36.4 Å². The minimum atomic E-state index is 0.0722. The van der Waals surface area contributed by atoms with Gasteiger partial charge in [-0.15, -0.1) is 6.58 Å². The van der Waals surface area contributed by atoms with Gasteiger partial charge in [0, 0.05) is 5.92 Å². The molecule has 2 heteroatoms. The van der Waals surface area contributed by atoms with Crippen molar-refractivity contribution in [3.8, 4) is 11.5 Å². The van der Waals surface area contributed by atoms with Crippen LogP contribution in [-0.2, 0) is 0 Å². The predicted octanol–water partition coefficient (Wildman–Crippen LogP) is 4.08. The molecule has 0 saturated carbocycles. The summed E-state index contributed by atoms with van der Waals surface area (Å²) < 4.78 is 0. The van der Waals surface area contributed by atoms with Crippen molar-refractivity contribution in [1.82, 2.24) is 0 Å². The number of phenolic OH excluding ortho intramolecular Hbond substituents is 2. The highest BCUT2D eigenvalue weighted by Gasteiger charge is 2.03. The number of rotatable bonds is 4. The summed E-state index contributed by atoms with van der Waals surface area (Å²) in [6, 6.07) is 14.1. The lowest BCUT2D eigenvalue weighted by atomic mass is 9.98. The fraction of sp³-hybridized carbons (Fsp3) is 0.0588. The average molecular weight is 252 g/mol. The van der Waals surface area contributed by atoms with E-state index in [2.05, 4.69) is 6.58 Å². The van der Waals surface area contributed by atoms with Gasteiger partial charge in [0.05, 0.1) is 0 Å². The van der Waals surface area contributed by atoms with Crippen LogP contribution in [0.5, 0.6) is 11.5 Å². The maximum Gasteiger partial charge on any atom is 0.116 e. The zero-order valence-electron chi connectivity index (χ0n) is 10.5. The highest BCUT2D eigenvalue weighted by Crippen LogP contribution is 2.22. The summed E-state index contributed by atoms with van der Waals surface area (Å²) in [5, 5.41) is 18.7. The standard InChI is InChI=1S/C17H16O2/c1-2-14(15-8-10-16(18)11-9-15)7-6-13-4-3-5-17(19)12-13/h2-12,14,18-19H,1H2/t14-/m1/s1. The van der Waals surface area contributed by atoms with Gasteiger partial charge in [-0.25, -0.2) is 0 Å². The number of aromatic hydroxyl groups is 2. The van der Waals surface area contributed by atoms with Crippen molar-refractivity contribution in [2.75, 3.05) is 0 Å². The summed E-state index contributed by atoms with van der Waals surface area (Å²) in [6.45, 7) is 3.83. The summed E-state index contributed by atoms with van der Waals surface area (Å²) in [4.78, 5) is 0. The Labute approximate surface area is 113 Å². The lowest BCUT2D eigenvalue weighted by Crippen LogP contribution is -1.89. The van der Waals surface area contributed by atoms with E-state index in [1.54, 1.807) is 30.3 Å². The maximum atomic E-state index is 9.40. The molecule has 2 rings (SSSR count). The van der Waals surface area contributed by atoms with Crippen LogP contribution in [0, 0.1) is 0 Å². The highest BCUT2D eigenvalue weighted by molar-refractivity contribution is 5.53. The second kappa shape index (κ2) is 5.91. The van der Waals surface area contributed by atoms with E-state index in [0.717, 1.165) is 11.1 Å². The molecule has 2 aromatic rings. The number of benzene rings is 2. The molecule has 0 heterocycles. The number of allylic oxidation sites excluding steroid dienone is 2. The van der Waals surface area contributed by atoms with E-state index in [4.69, 9.17) is 0 Å². The Balaban J connectivity index is 2.19. The van der Waals surface area contributed by atoms with Crippen LogP contribution in [0.1, 0.15) is 17.0 Å². The number of phenols is 2. The van der Waals surface area contributed by atoms with Crippen LogP contribution in [0.15, 0.2) is 67.3 Å². The second-order valence-corrected chi connectivity index (χ2v) is 4.31. The fourth-order valence-corrected chi connectivity index (χ4v) is 1.87. The molecule has 2 aromatic carbocycles. The van der Waals surface area contributed by atoms with Gasteiger partial charge in [0.15, 0.2) is 0 Å². The van der Waals surface area contributed by atoms with Crippen molar-refractivity contribution < 1.29 is 10.2 Å². The molecule has 0 unspecified atom stereocenters. The lowest BCUT2D eigenvalue weighted by molar-refractivity contribution is 0.474. The smallest absolute Gasteiger partial charge is 0.116 e. The first-order valence-electron chi connectivity index (χ1n) is 6.08. The highest BCUT2D eigenvalue weighted by atomic mass is 16.3. The van der Waals surface area contributed by atoms with Gasteiger partial charge in [0.1, 0.15) is 11.5 Å². The molecule has 0 aliphatic carbocycles. The normalized spacial score (nSPS) is 12.4. The van der Waals surface area contributed by atoms with Crippen molar-refractivity contribution >= 4 is 6.08 Å². The zero-order chi connectivity index (χ0) is 13.7. The monoisotopic (exact) mass is 252 g/mol. The predicted molar refractivity (Wildman–Crippen MR) is 78.2 cm³/mol. The first-order chi connectivity index (χ1) is 9.19. The molecule has 0 amide bonds. The molecule has 0 aromatic heterocycles. The minimum Gasteiger partial charge on any atom is -0.508 e. The molecule has 0 fully saturated rings. The molecule has 2 N–H and O–H groups in total. The second-order valence-electron chi connectivity index (χ2n) is 4.31. The molecule has 2 nitrogen and oxygen atoms in total. The third-order valence-corrected chi connectivity index (χ3v) is 2.90. The Morgan fingerprint density at radius 2 is 1.68 bits per heavy atom. The fourth-order valence-electron chi connectivity index (χ4n) is 1.87. The molecule has 0 spiro atoms. The molecule has 0 bridgehead atoms. The third-order valence-electron chi connectivity index (χ3n) is 2.90. The van der Waals surface area contributed by atoms with Crippen LogP contribution in [0.4, 0.5) is 0 Å². The first-order valence-corrected chi connectivity index (χ1v) is 6.08. The van der Waals surface area contributed by atoms with Gasteiger partial charge in [0.2, 0.25) is 0 Å². The van der Waals surface area contributed by atoms with Gasteiger partial charge in [-0.1, -0.05) is 42.5 Å². The molecule has 96 valence electrons. The van der Waals surface area contributed by atoms with Gasteiger partial charge in [-0.3, -0.25) is 0 Å². The lowest BCUT2D eigenvalue weighted by Gasteiger charge is -2.08. The first kappa shape index (κ1) is 13.0. The van der Waals surface area contributed by atoms with Crippen LogP contribution < -0.4 is 0 Å². The topological polar surface area (TPSA) is 40.5 Å². The Bertz CT molecular complexity index is 582. The van der Waals surface area contributed by atoms with E-state index < -0.39 is 0 Å². The van der Waals surface area contributed by atoms with E-state index in [0.29, 0.717) is 0 Å². The molecule has 0 radical (unpaired) electrons. The molecule has 0 aliphatic heterocycles. The van der Waals surface area contributed by atoms with Gasteiger partial charge in [-0.2, -0.15) is 0 Å². The summed E-state index contributed by atoms with van der Waals surface area (Å²) >= 11 is 0. The van der Waals surface area contributed by atoms with Gasteiger partial charge >= 0.3 is 0 Å². The SMILES string of the molecule is C=C[C@H](C=Cc1cccc(O)c1)c1ccc(O)cc1. The quantitative estimate of drug-likeness (QED) is 0.805. The Morgan fingerprint density at radius 1 is 0.947 bits per heavy atom.